The van der Waals surface area contributed by atoms with E-state index in [1.54, 1.807) is 0 Å². The lowest BCUT2D eigenvalue weighted by Crippen LogP contribution is -2.64. The third-order valence-electron chi connectivity index (χ3n) is 4.08. The molecule has 0 saturated carbocycles. The zero-order valence-corrected chi connectivity index (χ0v) is 12.6. The summed E-state index contributed by atoms with van der Waals surface area (Å²) in [5, 5.41) is 3.61. The van der Waals surface area contributed by atoms with E-state index in [1.807, 2.05) is 0 Å². The van der Waals surface area contributed by atoms with Crippen molar-refractivity contribution in [1.29, 1.82) is 0 Å². The minimum absolute atomic E-state index is 0.119. The predicted octanol–water partition coefficient (Wildman–Crippen LogP) is 2.37. The minimum Gasteiger partial charge on any atom is -0.374 e. The summed E-state index contributed by atoms with van der Waals surface area (Å²) < 4.78 is 29.1. The Labute approximate surface area is 115 Å². The first-order chi connectivity index (χ1) is 8.88. The minimum atomic E-state index is -2.37. The normalized spacial score (nSPS) is 29.4. The Morgan fingerprint density at radius 3 is 2.63 bits per heavy atom. The Hall–Kier alpha value is -0.260. The van der Waals surface area contributed by atoms with E-state index >= 15 is 0 Å². The van der Waals surface area contributed by atoms with Gasteiger partial charge >= 0.3 is 0 Å². The summed E-state index contributed by atoms with van der Waals surface area (Å²) in [5.74, 6) is 0.545. The summed E-state index contributed by atoms with van der Waals surface area (Å²) in [7, 11) is 0. The van der Waals surface area contributed by atoms with Gasteiger partial charge in [-0.3, -0.25) is 4.90 Å². The summed E-state index contributed by atoms with van der Waals surface area (Å²) in [6, 6.07) is 0.453. The van der Waals surface area contributed by atoms with Gasteiger partial charge in [0, 0.05) is 31.2 Å². The molecule has 2 atom stereocenters. The Morgan fingerprint density at radius 2 is 2.11 bits per heavy atom. The van der Waals surface area contributed by atoms with E-state index in [0.717, 1.165) is 26.1 Å². The maximum absolute atomic E-state index is 12.0. The fourth-order valence-electron chi connectivity index (χ4n) is 2.59. The lowest BCUT2D eigenvalue weighted by molar-refractivity contribution is -0.00933. The number of halogens is 2. The molecule has 0 aromatic rings. The lowest BCUT2D eigenvalue weighted by atomic mass is 9.90. The Kier molecular flexibility index (Phi) is 6.63. The molecule has 19 heavy (non-hydrogen) atoms. The Bertz CT molecular complexity index is 264. The van der Waals surface area contributed by atoms with Crippen LogP contribution in [0.2, 0.25) is 0 Å². The number of rotatable bonds is 7. The van der Waals surface area contributed by atoms with Gasteiger partial charge in [-0.2, -0.15) is 0 Å². The largest absolute Gasteiger partial charge is 0.374 e. The zero-order valence-electron chi connectivity index (χ0n) is 12.6. The van der Waals surface area contributed by atoms with Crippen LogP contribution in [-0.4, -0.2) is 55.8 Å². The molecule has 1 N–H and O–H groups in total. The van der Waals surface area contributed by atoms with Gasteiger partial charge in [-0.1, -0.05) is 20.8 Å². The molecule has 0 radical (unpaired) electrons. The average molecular weight is 278 g/mol. The first-order valence-electron chi connectivity index (χ1n) is 7.23. The molecule has 0 aliphatic carbocycles. The lowest BCUT2D eigenvalue weighted by Gasteiger charge is -2.47. The van der Waals surface area contributed by atoms with Gasteiger partial charge in [-0.05, 0) is 19.3 Å². The second-order valence-electron chi connectivity index (χ2n) is 6.04. The van der Waals surface area contributed by atoms with E-state index in [9.17, 15) is 8.78 Å². The number of alkyl halides is 2. The first-order valence-corrected chi connectivity index (χ1v) is 7.23. The molecule has 0 bridgehead atoms. The van der Waals surface area contributed by atoms with Gasteiger partial charge in [-0.15, -0.1) is 0 Å². The zero-order chi connectivity index (χ0) is 14.5. The van der Waals surface area contributed by atoms with Gasteiger partial charge in [0.1, 0.15) is 6.61 Å². The van der Waals surface area contributed by atoms with Crippen LogP contribution >= 0.6 is 0 Å². The molecule has 0 aromatic heterocycles. The number of piperazine rings is 1. The number of ether oxygens (including phenoxy) is 1. The van der Waals surface area contributed by atoms with E-state index in [0.29, 0.717) is 18.6 Å². The monoisotopic (exact) mass is 278 g/mol. The standard InChI is InChI=1S/C14H28F2N2O/c1-5-14(4)10-18(6-7-19-9-13(15)16)12(8-17-14)11(2)3/h11-13,17H,5-10H2,1-4H3. The molecule has 5 heteroatoms. The number of hydrogen-bond acceptors (Lipinski definition) is 3. The van der Waals surface area contributed by atoms with Crippen LogP contribution in [0.5, 0.6) is 0 Å². The molecule has 0 spiro atoms. The van der Waals surface area contributed by atoms with E-state index in [1.165, 1.54) is 0 Å². The SMILES string of the molecule is CCC1(C)CN(CCOCC(F)F)C(C(C)C)CN1. The van der Waals surface area contributed by atoms with Gasteiger partial charge in [0.25, 0.3) is 6.43 Å². The molecular formula is C14H28F2N2O. The van der Waals surface area contributed by atoms with E-state index in [2.05, 4.69) is 37.9 Å². The van der Waals surface area contributed by atoms with Crippen molar-refractivity contribution in [3.05, 3.63) is 0 Å². The molecular weight excluding hydrogens is 250 g/mol. The van der Waals surface area contributed by atoms with Gasteiger partial charge < -0.3 is 10.1 Å². The van der Waals surface area contributed by atoms with Crippen molar-refractivity contribution in [2.45, 2.75) is 52.1 Å². The third kappa shape index (κ3) is 5.32. The van der Waals surface area contributed by atoms with Crippen molar-refractivity contribution < 1.29 is 13.5 Å². The molecule has 1 aliphatic rings. The van der Waals surface area contributed by atoms with Crippen LogP contribution in [0.15, 0.2) is 0 Å². The molecule has 0 aromatic carbocycles. The van der Waals surface area contributed by atoms with Crippen LogP contribution in [0.4, 0.5) is 8.78 Å². The van der Waals surface area contributed by atoms with Gasteiger partial charge in [0.15, 0.2) is 0 Å². The number of nitrogens with one attached hydrogen (secondary N) is 1. The Morgan fingerprint density at radius 1 is 1.42 bits per heavy atom. The van der Waals surface area contributed by atoms with Crippen LogP contribution < -0.4 is 5.32 Å². The molecule has 1 aliphatic heterocycles. The summed E-state index contributed by atoms with van der Waals surface area (Å²) in [4.78, 5) is 2.39. The third-order valence-corrected chi connectivity index (χ3v) is 4.08. The molecule has 1 heterocycles. The Balaban J connectivity index is 2.47. The highest BCUT2D eigenvalue weighted by Gasteiger charge is 2.35. The second kappa shape index (κ2) is 7.50. The van der Waals surface area contributed by atoms with Crippen molar-refractivity contribution in [3.8, 4) is 0 Å². The van der Waals surface area contributed by atoms with Gasteiger partial charge in [-0.25, -0.2) is 8.78 Å². The summed E-state index contributed by atoms with van der Waals surface area (Å²) in [6.45, 7) is 11.4. The van der Waals surface area contributed by atoms with Crippen molar-refractivity contribution in [3.63, 3.8) is 0 Å². The molecule has 3 nitrogen and oxygen atoms in total. The highest BCUT2D eigenvalue weighted by Crippen LogP contribution is 2.22. The summed E-state index contributed by atoms with van der Waals surface area (Å²) in [6.07, 6.45) is -1.31. The van der Waals surface area contributed by atoms with E-state index < -0.39 is 13.0 Å². The molecule has 1 fully saturated rings. The molecule has 0 amide bonds. The van der Waals surface area contributed by atoms with Crippen LogP contribution in [0.25, 0.3) is 0 Å². The fourth-order valence-corrected chi connectivity index (χ4v) is 2.59. The molecule has 1 rings (SSSR count). The van der Waals surface area contributed by atoms with Crippen molar-refractivity contribution in [2.24, 2.45) is 5.92 Å². The van der Waals surface area contributed by atoms with E-state index in [4.69, 9.17) is 4.74 Å². The van der Waals surface area contributed by atoms with Gasteiger partial charge in [0.05, 0.1) is 6.61 Å². The van der Waals surface area contributed by atoms with Gasteiger partial charge in [0.2, 0.25) is 0 Å². The highest BCUT2D eigenvalue weighted by atomic mass is 19.3. The maximum Gasteiger partial charge on any atom is 0.261 e. The highest BCUT2D eigenvalue weighted by molar-refractivity contribution is 4.95. The van der Waals surface area contributed by atoms with Crippen LogP contribution in [0.1, 0.15) is 34.1 Å². The fraction of sp³-hybridized carbons (Fsp3) is 1.00. The first kappa shape index (κ1) is 16.8. The van der Waals surface area contributed by atoms with Crippen LogP contribution in [-0.2, 0) is 4.74 Å². The predicted molar refractivity (Wildman–Crippen MR) is 73.7 cm³/mol. The summed E-state index contributed by atoms with van der Waals surface area (Å²) >= 11 is 0. The molecule has 114 valence electrons. The average Bonchev–Trinajstić information content (AvgIpc) is 2.34. The summed E-state index contributed by atoms with van der Waals surface area (Å²) in [5.41, 5.74) is 0.119. The van der Waals surface area contributed by atoms with E-state index in [-0.39, 0.29) is 5.54 Å². The number of nitrogens with zero attached hydrogens (tertiary/aromatic N) is 1. The number of hydrogen-bond donors (Lipinski definition) is 1. The van der Waals surface area contributed by atoms with Crippen LogP contribution in [0, 0.1) is 5.92 Å². The molecule has 1 saturated heterocycles. The topological polar surface area (TPSA) is 24.5 Å². The molecule has 2 unspecified atom stereocenters. The quantitative estimate of drug-likeness (QED) is 0.724. The van der Waals surface area contributed by atoms with Crippen LogP contribution in [0.3, 0.4) is 0 Å². The smallest absolute Gasteiger partial charge is 0.261 e. The van der Waals surface area contributed by atoms with Crippen molar-refractivity contribution in [1.82, 2.24) is 10.2 Å². The maximum atomic E-state index is 12.0. The van der Waals surface area contributed by atoms with Crippen molar-refractivity contribution in [2.75, 3.05) is 32.8 Å². The second-order valence-corrected chi connectivity index (χ2v) is 6.04. The van der Waals surface area contributed by atoms with Crippen molar-refractivity contribution >= 4 is 0 Å².